The van der Waals surface area contributed by atoms with Gasteiger partial charge in [0.25, 0.3) is 0 Å². The van der Waals surface area contributed by atoms with Gasteiger partial charge in [-0.3, -0.25) is 0 Å². The number of hydrogen-bond acceptors (Lipinski definition) is 5. The van der Waals surface area contributed by atoms with Gasteiger partial charge in [-0.05, 0) is 34.8 Å². The monoisotopic (exact) mass is 470 g/mol. The van der Waals surface area contributed by atoms with Crippen LogP contribution in [0.25, 0.3) is 5.57 Å². The largest absolute Gasteiger partial charge is 0.457 e. The molecule has 2 N–H and O–H groups in total. The highest BCUT2D eigenvalue weighted by Crippen LogP contribution is 2.29. The lowest BCUT2D eigenvalue weighted by Crippen LogP contribution is -2.38. The van der Waals surface area contributed by atoms with E-state index in [1.165, 1.54) is 4.90 Å². The second-order valence-electron chi connectivity index (χ2n) is 8.12. The van der Waals surface area contributed by atoms with E-state index in [0.717, 1.165) is 16.7 Å². The quantitative estimate of drug-likeness (QED) is 0.510. The summed E-state index contributed by atoms with van der Waals surface area (Å²) >= 11 is 0. The van der Waals surface area contributed by atoms with Gasteiger partial charge in [0.05, 0.1) is 11.1 Å². The molecule has 3 aromatic rings. The third kappa shape index (κ3) is 5.95. The molecule has 1 heterocycles. The Balaban J connectivity index is 1.63. The average Bonchev–Trinajstić information content (AvgIpc) is 2.91. The van der Waals surface area contributed by atoms with Crippen LogP contribution >= 0.6 is 0 Å². The van der Waals surface area contributed by atoms with E-state index in [1.807, 2.05) is 66.7 Å². The molecule has 0 radical (unpaired) electrons. The summed E-state index contributed by atoms with van der Waals surface area (Å²) in [4.78, 5) is 39.4. The molecule has 1 aliphatic rings. The van der Waals surface area contributed by atoms with E-state index < -0.39 is 18.0 Å². The van der Waals surface area contributed by atoms with Crippen molar-refractivity contribution in [1.29, 1.82) is 0 Å². The van der Waals surface area contributed by atoms with E-state index >= 15 is 0 Å². The molecule has 0 unspecified atom stereocenters. The van der Waals surface area contributed by atoms with Crippen LogP contribution in [0.2, 0.25) is 0 Å². The molecule has 0 saturated carbocycles. The van der Waals surface area contributed by atoms with Crippen LogP contribution < -0.4 is 5.73 Å². The van der Waals surface area contributed by atoms with Crippen molar-refractivity contribution in [2.75, 3.05) is 13.1 Å². The van der Waals surface area contributed by atoms with Crippen molar-refractivity contribution < 1.29 is 23.9 Å². The Bertz CT molecular complexity index is 1240. The SMILES string of the molecule is NC(=O)N1CC=C(c2cccc(C(=O)OCc3ccccc3)c2C(=O)OCc2ccccc2)CC1. The van der Waals surface area contributed by atoms with Gasteiger partial charge in [0.1, 0.15) is 13.2 Å². The second kappa shape index (κ2) is 11.2. The van der Waals surface area contributed by atoms with E-state index in [4.69, 9.17) is 15.2 Å². The number of rotatable bonds is 7. The number of carbonyl (C=O) groups excluding carboxylic acids is 3. The molecule has 0 aromatic heterocycles. The molecule has 0 aliphatic carbocycles. The molecule has 0 saturated heterocycles. The number of primary amides is 1. The van der Waals surface area contributed by atoms with Crippen LogP contribution in [0, 0.1) is 0 Å². The predicted molar refractivity (Wildman–Crippen MR) is 131 cm³/mol. The van der Waals surface area contributed by atoms with Crippen LogP contribution in [0.1, 0.15) is 43.8 Å². The Labute approximate surface area is 203 Å². The first-order chi connectivity index (χ1) is 17.0. The third-order valence-electron chi connectivity index (χ3n) is 5.78. The summed E-state index contributed by atoms with van der Waals surface area (Å²) in [5, 5.41) is 0. The highest BCUT2D eigenvalue weighted by atomic mass is 16.5. The first-order valence-electron chi connectivity index (χ1n) is 11.3. The maximum Gasteiger partial charge on any atom is 0.339 e. The maximum absolute atomic E-state index is 13.3. The topological polar surface area (TPSA) is 98.9 Å². The first-order valence-corrected chi connectivity index (χ1v) is 11.3. The zero-order valence-electron chi connectivity index (χ0n) is 19.2. The molecule has 7 nitrogen and oxygen atoms in total. The van der Waals surface area contributed by atoms with Crippen LogP contribution in [-0.2, 0) is 22.7 Å². The van der Waals surface area contributed by atoms with Gasteiger partial charge in [-0.1, -0.05) is 78.9 Å². The van der Waals surface area contributed by atoms with Crippen LogP contribution in [0.3, 0.4) is 0 Å². The lowest BCUT2D eigenvalue weighted by atomic mass is 9.91. The zero-order chi connectivity index (χ0) is 24.6. The molecule has 3 aromatic carbocycles. The highest BCUT2D eigenvalue weighted by molar-refractivity contribution is 6.06. The second-order valence-corrected chi connectivity index (χ2v) is 8.12. The Kier molecular flexibility index (Phi) is 7.57. The average molecular weight is 471 g/mol. The van der Waals surface area contributed by atoms with Gasteiger partial charge in [0.2, 0.25) is 0 Å². The van der Waals surface area contributed by atoms with E-state index in [9.17, 15) is 14.4 Å². The van der Waals surface area contributed by atoms with Gasteiger partial charge in [-0.2, -0.15) is 0 Å². The molecule has 35 heavy (non-hydrogen) atoms. The predicted octanol–water partition coefficient (Wildman–Crippen LogP) is 4.57. The number of esters is 2. The summed E-state index contributed by atoms with van der Waals surface area (Å²) in [5.41, 5.74) is 8.78. The standard InChI is InChI=1S/C28H26N2O5/c29-28(33)30-16-14-22(15-17-30)23-12-7-13-24(26(31)34-18-20-8-3-1-4-9-20)25(23)27(32)35-19-21-10-5-2-6-11-21/h1-14H,15-19H2,(H2,29,33). The van der Waals surface area contributed by atoms with E-state index in [2.05, 4.69) is 0 Å². The highest BCUT2D eigenvalue weighted by Gasteiger charge is 2.26. The van der Waals surface area contributed by atoms with E-state index in [1.54, 1.807) is 18.2 Å². The van der Waals surface area contributed by atoms with Crippen molar-refractivity contribution in [3.63, 3.8) is 0 Å². The number of ether oxygens (including phenoxy) is 2. The summed E-state index contributed by atoms with van der Waals surface area (Å²) in [6.07, 6.45) is 2.33. The number of amides is 2. The summed E-state index contributed by atoms with van der Waals surface area (Å²) in [7, 11) is 0. The summed E-state index contributed by atoms with van der Waals surface area (Å²) < 4.78 is 11.1. The lowest BCUT2D eigenvalue weighted by molar-refractivity contribution is 0.0425. The van der Waals surface area contributed by atoms with E-state index in [-0.39, 0.29) is 24.3 Å². The van der Waals surface area contributed by atoms with Crippen molar-refractivity contribution in [2.45, 2.75) is 19.6 Å². The van der Waals surface area contributed by atoms with Crippen LogP contribution in [0.5, 0.6) is 0 Å². The molecular weight excluding hydrogens is 444 g/mol. The maximum atomic E-state index is 13.3. The fourth-order valence-corrected chi connectivity index (χ4v) is 3.92. The normalized spacial score (nSPS) is 13.0. The molecule has 178 valence electrons. The molecule has 1 aliphatic heterocycles. The van der Waals surface area contributed by atoms with E-state index in [0.29, 0.717) is 25.1 Å². The van der Waals surface area contributed by atoms with Crippen LogP contribution in [0.4, 0.5) is 4.79 Å². The number of benzene rings is 3. The minimum Gasteiger partial charge on any atom is -0.457 e. The fourth-order valence-electron chi connectivity index (χ4n) is 3.92. The Morgan fingerprint density at radius 2 is 1.37 bits per heavy atom. The Hall–Kier alpha value is -4.39. The number of urea groups is 1. The van der Waals surface area contributed by atoms with Crippen LogP contribution in [-0.4, -0.2) is 36.0 Å². The van der Waals surface area contributed by atoms with Gasteiger partial charge in [-0.15, -0.1) is 0 Å². The zero-order valence-corrected chi connectivity index (χ0v) is 19.2. The molecule has 4 rings (SSSR count). The van der Waals surface area contributed by atoms with Gasteiger partial charge < -0.3 is 20.1 Å². The Morgan fingerprint density at radius 3 is 1.91 bits per heavy atom. The third-order valence-corrected chi connectivity index (χ3v) is 5.78. The molecule has 0 atom stereocenters. The summed E-state index contributed by atoms with van der Waals surface area (Å²) in [6.45, 7) is 0.897. The summed E-state index contributed by atoms with van der Waals surface area (Å²) in [6, 6.07) is 23.2. The van der Waals surface area contributed by atoms with Gasteiger partial charge >= 0.3 is 18.0 Å². The minimum absolute atomic E-state index is 0.0704. The van der Waals surface area contributed by atoms with Crippen molar-refractivity contribution in [2.24, 2.45) is 5.73 Å². The molecule has 2 amide bonds. The van der Waals surface area contributed by atoms with Gasteiger partial charge in [-0.25, -0.2) is 14.4 Å². The van der Waals surface area contributed by atoms with Crippen molar-refractivity contribution in [1.82, 2.24) is 4.90 Å². The smallest absolute Gasteiger partial charge is 0.339 e. The molecule has 0 spiro atoms. The number of nitrogens with zero attached hydrogens (tertiary/aromatic N) is 1. The lowest BCUT2D eigenvalue weighted by Gasteiger charge is -2.26. The van der Waals surface area contributed by atoms with Crippen molar-refractivity contribution >= 4 is 23.5 Å². The Morgan fingerprint density at radius 1 is 0.771 bits per heavy atom. The van der Waals surface area contributed by atoms with Gasteiger partial charge in [0, 0.05) is 13.1 Å². The van der Waals surface area contributed by atoms with Crippen molar-refractivity contribution in [3.05, 3.63) is 113 Å². The molecule has 7 heteroatoms. The number of carbonyl (C=O) groups is 3. The number of hydrogen-bond donors (Lipinski definition) is 1. The molecule has 0 bridgehead atoms. The molecular formula is C28H26N2O5. The summed E-state index contributed by atoms with van der Waals surface area (Å²) in [5.74, 6) is -1.23. The molecule has 0 fully saturated rings. The minimum atomic E-state index is -0.616. The van der Waals surface area contributed by atoms with Crippen LogP contribution in [0.15, 0.2) is 84.9 Å². The van der Waals surface area contributed by atoms with Crippen molar-refractivity contribution in [3.8, 4) is 0 Å². The van der Waals surface area contributed by atoms with Gasteiger partial charge in [0.15, 0.2) is 0 Å². The fraction of sp³-hybridized carbons (Fsp3) is 0.179. The first kappa shape index (κ1) is 23.8. The number of nitrogens with two attached hydrogens (primary N) is 1.